The number of aliphatic carboxylic acids is 1. The van der Waals surface area contributed by atoms with Gasteiger partial charge in [-0.3, -0.25) is 4.79 Å². The highest BCUT2D eigenvalue weighted by Gasteiger charge is 2.31. The molecule has 0 aromatic rings. The SMILES string of the molecule is CCCCC1SCC(C(=O)O)NC1=O. The Morgan fingerprint density at radius 2 is 2.43 bits per heavy atom. The van der Waals surface area contributed by atoms with Gasteiger partial charge in [0.2, 0.25) is 5.91 Å². The van der Waals surface area contributed by atoms with Crippen molar-refractivity contribution in [2.24, 2.45) is 0 Å². The summed E-state index contributed by atoms with van der Waals surface area (Å²) in [6.07, 6.45) is 2.93. The molecular weight excluding hydrogens is 202 g/mol. The Morgan fingerprint density at radius 1 is 1.71 bits per heavy atom. The average molecular weight is 217 g/mol. The van der Waals surface area contributed by atoms with Crippen LogP contribution in [0.5, 0.6) is 0 Å². The smallest absolute Gasteiger partial charge is 0.327 e. The summed E-state index contributed by atoms with van der Waals surface area (Å²) in [4.78, 5) is 22.0. The zero-order chi connectivity index (χ0) is 10.6. The molecule has 0 radical (unpaired) electrons. The second kappa shape index (κ2) is 5.24. The first kappa shape index (κ1) is 11.4. The van der Waals surface area contributed by atoms with Gasteiger partial charge in [-0.05, 0) is 6.42 Å². The number of carboxylic acid groups (broad SMARTS) is 1. The normalized spacial score (nSPS) is 27.1. The number of carboxylic acids is 1. The Labute approximate surface area is 87.4 Å². The Morgan fingerprint density at radius 3 is 2.93 bits per heavy atom. The maximum atomic E-state index is 11.4. The first-order valence-corrected chi connectivity index (χ1v) is 5.84. The lowest BCUT2D eigenvalue weighted by atomic mass is 10.2. The lowest BCUT2D eigenvalue weighted by Crippen LogP contribution is -2.50. The molecule has 2 N–H and O–H groups in total. The van der Waals surface area contributed by atoms with E-state index in [0.29, 0.717) is 5.75 Å². The zero-order valence-corrected chi connectivity index (χ0v) is 8.97. The fraction of sp³-hybridized carbons (Fsp3) is 0.778. The predicted octanol–water partition coefficient (Wildman–Crippen LogP) is 0.861. The molecule has 4 nitrogen and oxygen atoms in total. The van der Waals surface area contributed by atoms with Crippen molar-refractivity contribution < 1.29 is 14.7 Å². The van der Waals surface area contributed by atoms with Gasteiger partial charge in [0.05, 0.1) is 5.25 Å². The van der Waals surface area contributed by atoms with E-state index in [1.165, 1.54) is 11.8 Å². The van der Waals surface area contributed by atoms with Gasteiger partial charge >= 0.3 is 5.97 Å². The minimum absolute atomic E-state index is 0.0504. The van der Waals surface area contributed by atoms with Crippen LogP contribution in [0.4, 0.5) is 0 Å². The third kappa shape index (κ3) is 2.90. The minimum Gasteiger partial charge on any atom is -0.480 e. The van der Waals surface area contributed by atoms with Crippen molar-refractivity contribution in [3.63, 3.8) is 0 Å². The number of carbonyl (C=O) groups is 2. The molecule has 0 spiro atoms. The van der Waals surface area contributed by atoms with Crippen molar-refractivity contribution in [1.29, 1.82) is 0 Å². The molecule has 0 bridgehead atoms. The fourth-order valence-electron chi connectivity index (χ4n) is 1.33. The summed E-state index contributed by atoms with van der Waals surface area (Å²) in [7, 11) is 0. The zero-order valence-electron chi connectivity index (χ0n) is 8.16. The Hall–Kier alpha value is -0.710. The number of nitrogens with one attached hydrogen (secondary N) is 1. The van der Waals surface area contributed by atoms with Crippen molar-refractivity contribution in [2.75, 3.05) is 5.75 Å². The molecule has 1 rings (SSSR count). The van der Waals surface area contributed by atoms with E-state index in [1.54, 1.807) is 0 Å². The van der Waals surface area contributed by atoms with Crippen LogP contribution in [0.1, 0.15) is 26.2 Å². The Bertz CT molecular complexity index is 232. The van der Waals surface area contributed by atoms with Gasteiger partial charge in [0.15, 0.2) is 0 Å². The summed E-state index contributed by atoms with van der Waals surface area (Å²) in [5.41, 5.74) is 0. The molecular formula is C9H15NO3S. The van der Waals surface area contributed by atoms with Crippen LogP contribution in [0.2, 0.25) is 0 Å². The van der Waals surface area contributed by atoms with Crippen LogP contribution in [-0.4, -0.2) is 34.0 Å². The molecule has 1 fully saturated rings. The van der Waals surface area contributed by atoms with Crippen LogP contribution in [0, 0.1) is 0 Å². The molecule has 1 aliphatic rings. The predicted molar refractivity (Wildman–Crippen MR) is 55.3 cm³/mol. The maximum Gasteiger partial charge on any atom is 0.327 e. The van der Waals surface area contributed by atoms with Gasteiger partial charge in [0.25, 0.3) is 0 Å². The maximum absolute atomic E-state index is 11.4. The lowest BCUT2D eigenvalue weighted by Gasteiger charge is -2.26. The fourth-order valence-corrected chi connectivity index (χ4v) is 2.53. The third-order valence-electron chi connectivity index (χ3n) is 2.19. The number of hydrogen-bond acceptors (Lipinski definition) is 3. The van der Waals surface area contributed by atoms with Crippen LogP contribution in [0.25, 0.3) is 0 Å². The van der Waals surface area contributed by atoms with E-state index in [9.17, 15) is 9.59 Å². The molecule has 1 amide bonds. The van der Waals surface area contributed by atoms with Crippen LogP contribution in [-0.2, 0) is 9.59 Å². The second-order valence-electron chi connectivity index (χ2n) is 3.36. The topological polar surface area (TPSA) is 66.4 Å². The summed E-state index contributed by atoms with van der Waals surface area (Å²) in [5.74, 6) is -0.586. The van der Waals surface area contributed by atoms with Crippen LogP contribution < -0.4 is 5.32 Å². The largest absolute Gasteiger partial charge is 0.480 e. The van der Waals surface area contributed by atoms with E-state index < -0.39 is 12.0 Å². The summed E-state index contributed by atoms with van der Waals surface area (Å²) in [6.45, 7) is 2.07. The van der Waals surface area contributed by atoms with Gasteiger partial charge in [-0.2, -0.15) is 0 Å². The molecule has 1 heterocycles. The van der Waals surface area contributed by atoms with Gasteiger partial charge in [0.1, 0.15) is 6.04 Å². The van der Waals surface area contributed by atoms with Crippen molar-refractivity contribution in [2.45, 2.75) is 37.5 Å². The number of hydrogen-bond donors (Lipinski definition) is 2. The summed E-state index contributed by atoms with van der Waals surface area (Å²) in [5, 5.41) is 11.2. The van der Waals surface area contributed by atoms with Crippen LogP contribution >= 0.6 is 11.8 Å². The molecule has 80 valence electrons. The molecule has 0 aromatic carbocycles. The molecule has 14 heavy (non-hydrogen) atoms. The highest BCUT2D eigenvalue weighted by molar-refractivity contribution is 8.00. The van der Waals surface area contributed by atoms with Gasteiger partial charge in [-0.15, -0.1) is 11.8 Å². The summed E-state index contributed by atoms with van der Waals surface area (Å²) in [6, 6.07) is -0.703. The Balaban J connectivity index is 2.40. The van der Waals surface area contributed by atoms with Gasteiger partial charge in [0, 0.05) is 5.75 Å². The quantitative estimate of drug-likeness (QED) is 0.733. The molecule has 1 aliphatic heterocycles. The molecule has 0 aromatic heterocycles. The number of rotatable bonds is 4. The monoisotopic (exact) mass is 217 g/mol. The average Bonchev–Trinajstić information content (AvgIpc) is 2.15. The number of thioether (sulfide) groups is 1. The first-order valence-electron chi connectivity index (χ1n) is 4.80. The number of carbonyl (C=O) groups excluding carboxylic acids is 1. The minimum atomic E-state index is -0.945. The summed E-state index contributed by atoms with van der Waals surface area (Å²) >= 11 is 1.45. The van der Waals surface area contributed by atoms with Gasteiger partial charge < -0.3 is 10.4 Å². The lowest BCUT2D eigenvalue weighted by molar-refractivity contribution is -0.141. The Kier molecular flexibility index (Phi) is 4.25. The van der Waals surface area contributed by atoms with E-state index in [4.69, 9.17) is 5.11 Å². The highest BCUT2D eigenvalue weighted by Crippen LogP contribution is 2.22. The number of amides is 1. The molecule has 0 aliphatic carbocycles. The van der Waals surface area contributed by atoms with E-state index >= 15 is 0 Å². The van der Waals surface area contributed by atoms with Crippen LogP contribution in [0.3, 0.4) is 0 Å². The highest BCUT2D eigenvalue weighted by atomic mass is 32.2. The molecule has 2 unspecified atom stereocenters. The first-order chi connectivity index (χ1) is 6.65. The molecule has 5 heteroatoms. The summed E-state index contributed by atoms with van der Waals surface area (Å²) < 4.78 is 0. The van der Waals surface area contributed by atoms with Crippen molar-refractivity contribution in [3.05, 3.63) is 0 Å². The van der Waals surface area contributed by atoms with E-state index in [1.807, 2.05) is 0 Å². The van der Waals surface area contributed by atoms with Gasteiger partial charge in [-0.1, -0.05) is 19.8 Å². The van der Waals surface area contributed by atoms with Gasteiger partial charge in [-0.25, -0.2) is 4.79 Å². The van der Waals surface area contributed by atoms with Crippen molar-refractivity contribution >= 4 is 23.6 Å². The van der Waals surface area contributed by atoms with Crippen molar-refractivity contribution in [1.82, 2.24) is 5.32 Å². The van der Waals surface area contributed by atoms with E-state index in [0.717, 1.165) is 19.3 Å². The standard InChI is InChI=1S/C9H15NO3S/c1-2-3-4-7-8(11)10-6(5-14-7)9(12)13/h6-7H,2-5H2,1H3,(H,10,11)(H,12,13). The molecule has 2 atom stereocenters. The second-order valence-corrected chi connectivity index (χ2v) is 4.60. The third-order valence-corrected chi connectivity index (χ3v) is 3.57. The molecule has 0 saturated carbocycles. The van der Waals surface area contributed by atoms with E-state index in [2.05, 4.69) is 12.2 Å². The number of unbranched alkanes of at least 4 members (excludes halogenated alkanes) is 1. The van der Waals surface area contributed by atoms with E-state index in [-0.39, 0.29) is 11.2 Å². The van der Waals surface area contributed by atoms with Crippen molar-refractivity contribution in [3.8, 4) is 0 Å². The molecule has 1 saturated heterocycles. The van der Waals surface area contributed by atoms with Crippen LogP contribution in [0.15, 0.2) is 0 Å².